The Morgan fingerprint density at radius 1 is 1.19 bits per heavy atom. The number of rotatable bonds is 7. The molecule has 0 atom stereocenters. The first kappa shape index (κ1) is 14.3. The lowest BCUT2D eigenvalue weighted by Crippen LogP contribution is -2.21. The van der Waals surface area contributed by atoms with Gasteiger partial charge in [0.2, 0.25) is 5.78 Å². The maximum atomic E-state index is 11.2. The summed E-state index contributed by atoms with van der Waals surface area (Å²) in [5.41, 5.74) is 0. The fourth-order valence-corrected chi connectivity index (χ4v) is 0.725. The van der Waals surface area contributed by atoms with Gasteiger partial charge in [-0.05, 0) is 6.92 Å². The fraction of sp³-hybridized carbons (Fsp3) is 0.545. The third-order valence-corrected chi connectivity index (χ3v) is 1.70. The Kier molecular flexibility index (Phi) is 6.83. The summed E-state index contributed by atoms with van der Waals surface area (Å²) in [6.07, 6.45) is 1.72. The molecule has 90 valence electrons. The maximum absolute atomic E-state index is 11.2. The van der Waals surface area contributed by atoms with Crippen molar-refractivity contribution in [3.63, 3.8) is 0 Å². The summed E-state index contributed by atoms with van der Waals surface area (Å²) in [6, 6.07) is 0. The van der Waals surface area contributed by atoms with E-state index in [0.29, 0.717) is 6.61 Å². The summed E-state index contributed by atoms with van der Waals surface area (Å²) in [7, 11) is 0. The van der Waals surface area contributed by atoms with Crippen LogP contribution in [0.4, 0.5) is 0 Å². The van der Waals surface area contributed by atoms with Crippen LogP contribution >= 0.6 is 0 Å². The van der Waals surface area contributed by atoms with Crippen LogP contribution in [0.2, 0.25) is 0 Å². The van der Waals surface area contributed by atoms with Crippen LogP contribution in [-0.2, 0) is 23.9 Å². The Balaban J connectivity index is 4.00. The summed E-state index contributed by atoms with van der Waals surface area (Å²) >= 11 is 0. The third kappa shape index (κ3) is 5.95. The SMILES string of the molecule is CCO/C=C/OC(=O)C(=O)CC(=O)C(C)C. The Bertz CT molecular complexity index is 291. The van der Waals surface area contributed by atoms with E-state index in [4.69, 9.17) is 4.74 Å². The van der Waals surface area contributed by atoms with Crippen molar-refractivity contribution in [3.8, 4) is 0 Å². The zero-order valence-electron chi connectivity index (χ0n) is 9.69. The van der Waals surface area contributed by atoms with Crippen LogP contribution in [-0.4, -0.2) is 24.1 Å². The summed E-state index contributed by atoms with van der Waals surface area (Å²) in [4.78, 5) is 33.3. The molecule has 16 heavy (non-hydrogen) atoms. The molecule has 0 N–H and O–H groups in total. The van der Waals surface area contributed by atoms with Gasteiger partial charge in [-0.25, -0.2) is 4.79 Å². The lowest BCUT2D eigenvalue weighted by atomic mass is 10.0. The first-order valence-corrected chi connectivity index (χ1v) is 5.02. The molecule has 0 aliphatic rings. The van der Waals surface area contributed by atoms with Gasteiger partial charge in [0.25, 0.3) is 0 Å². The average molecular weight is 228 g/mol. The standard InChI is InChI=1S/C11H16O5/c1-4-15-5-6-16-11(14)10(13)7-9(12)8(2)3/h5-6,8H,4,7H2,1-3H3/b6-5+. The van der Waals surface area contributed by atoms with Gasteiger partial charge in [-0.1, -0.05) is 13.8 Å². The first-order chi connectivity index (χ1) is 7.49. The molecular formula is C11H16O5. The molecule has 0 aromatic carbocycles. The third-order valence-electron chi connectivity index (χ3n) is 1.70. The van der Waals surface area contributed by atoms with E-state index in [1.165, 1.54) is 0 Å². The summed E-state index contributed by atoms with van der Waals surface area (Å²) in [6.45, 7) is 5.53. The van der Waals surface area contributed by atoms with E-state index >= 15 is 0 Å². The first-order valence-electron chi connectivity index (χ1n) is 5.02. The monoisotopic (exact) mass is 228 g/mol. The highest BCUT2D eigenvalue weighted by molar-refractivity contribution is 6.37. The average Bonchev–Trinajstić information content (AvgIpc) is 2.23. The van der Waals surface area contributed by atoms with Gasteiger partial charge in [0.05, 0.1) is 13.0 Å². The number of ketones is 2. The minimum absolute atomic E-state index is 0.268. The molecule has 0 aromatic heterocycles. The summed E-state index contributed by atoms with van der Waals surface area (Å²) in [5.74, 6) is -2.45. The van der Waals surface area contributed by atoms with E-state index < -0.39 is 18.2 Å². The normalized spacial score (nSPS) is 10.5. The van der Waals surface area contributed by atoms with Crippen LogP contribution < -0.4 is 0 Å². The second-order valence-corrected chi connectivity index (χ2v) is 3.35. The van der Waals surface area contributed by atoms with Crippen molar-refractivity contribution in [3.05, 3.63) is 12.5 Å². The minimum atomic E-state index is -1.05. The molecule has 0 heterocycles. The molecule has 0 bridgehead atoms. The fourth-order valence-electron chi connectivity index (χ4n) is 0.725. The van der Waals surface area contributed by atoms with E-state index in [1.807, 2.05) is 0 Å². The zero-order chi connectivity index (χ0) is 12.6. The molecule has 0 saturated heterocycles. The molecule has 0 aliphatic carbocycles. The number of Topliss-reactive ketones (excluding diaryl/α,β-unsaturated/α-hetero) is 2. The van der Waals surface area contributed by atoms with E-state index in [-0.39, 0.29) is 11.7 Å². The van der Waals surface area contributed by atoms with E-state index in [0.717, 1.165) is 12.5 Å². The molecular weight excluding hydrogens is 212 g/mol. The molecule has 5 nitrogen and oxygen atoms in total. The lowest BCUT2D eigenvalue weighted by Gasteiger charge is -2.01. The van der Waals surface area contributed by atoms with Crippen LogP contribution in [0.1, 0.15) is 27.2 Å². The van der Waals surface area contributed by atoms with Gasteiger partial charge in [0, 0.05) is 5.92 Å². The Morgan fingerprint density at radius 2 is 1.81 bits per heavy atom. The van der Waals surface area contributed by atoms with Crippen LogP contribution in [0.5, 0.6) is 0 Å². The molecule has 0 aliphatic heterocycles. The molecule has 0 saturated carbocycles. The predicted octanol–water partition coefficient (Wildman–Crippen LogP) is 1.22. The van der Waals surface area contributed by atoms with Gasteiger partial charge in [-0.3, -0.25) is 9.59 Å². The number of ether oxygens (including phenoxy) is 2. The van der Waals surface area contributed by atoms with Crippen LogP contribution in [0.3, 0.4) is 0 Å². The van der Waals surface area contributed by atoms with Crippen LogP contribution in [0.25, 0.3) is 0 Å². The molecule has 0 spiro atoms. The molecule has 0 fully saturated rings. The Morgan fingerprint density at radius 3 is 2.31 bits per heavy atom. The smallest absolute Gasteiger partial charge is 0.379 e. The van der Waals surface area contributed by atoms with E-state index in [9.17, 15) is 14.4 Å². The quantitative estimate of drug-likeness (QED) is 0.283. The summed E-state index contributed by atoms with van der Waals surface area (Å²) < 4.78 is 9.19. The highest BCUT2D eigenvalue weighted by Crippen LogP contribution is 2.00. The second-order valence-electron chi connectivity index (χ2n) is 3.35. The van der Waals surface area contributed by atoms with Crippen molar-refractivity contribution in [1.29, 1.82) is 0 Å². The van der Waals surface area contributed by atoms with Crippen molar-refractivity contribution < 1.29 is 23.9 Å². The number of hydrogen-bond acceptors (Lipinski definition) is 5. The van der Waals surface area contributed by atoms with Crippen molar-refractivity contribution in [2.45, 2.75) is 27.2 Å². The molecule has 0 radical (unpaired) electrons. The van der Waals surface area contributed by atoms with Gasteiger partial charge >= 0.3 is 5.97 Å². The second kappa shape index (κ2) is 7.62. The van der Waals surface area contributed by atoms with Gasteiger partial charge in [0.1, 0.15) is 18.3 Å². The van der Waals surface area contributed by atoms with Crippen LogP contribution in [0.15, 0.2) is 12.5 Å². The highest BCUT2D eigenvalue weighted by Gasteiger charge is 2.20. The number of hydrogen-bond donors (Lipinski definition) is 0. The van der Waals surface area contributed by atoms with Crippen molar-refractivity contribution in [2.24, 2.45) is 5.92 Å². The van der Waals surface area contributed by atoms with E-state index in [1.54, 1.807) is 20.8 Å². The van der Waals surface area contributed by atoms with Gasteiger partial charge in [-0.2, -0.15) is 0 Å². The Labute approximate surface area is 94.4 Å². The molecule has 5 heteroatoms. The van der Waals surface area contributed by atoms with Crippen LogP contribution in [0, 0.1) is 5.92 Å². The largest absolute Gasteiger partial charge is 0.498 e. The molecule has 0 rings (SSSR count). The lowest BCUT2D eigenvalue weighted by molar-refractivity contribution is -0.151. The summed E-state index contributed by atoms with van der Waals surface area (Å²) in [5, 5.41) is 0. The van der Waals surface area contributed by atoms with Crippen molar-refractivity contribution >= 4 is 17.5 Å². The highest BCUT2D eigenvalue weighted by atomic mass is 16.5. The molecule has 0 amide bonds. The Hall–Kier alpha value is -1.65. The maximum Gasteiger partial charge on any atom is 0.379 e. The zero-order valence-corrected chi connectivity index (χ0v) is 9.69. The number of carbonyl (C=O) groups is 3. The number of carbonyl (C=O) groups excluding carboxylic acids is 3. The van der Waals surface area contributed by atoms with Gasteiger partial charge in [-0.15, -0.1) is 0 Å². The van der Waals surface area contributed by atoms with Gasteiger partial charge < -0.3 is 9.47 Å². The van der Waals surface area contributed by atoms with Crippen molar-refractivity contribution in [2.75, 3.05) is 6.61 Å². The van der Waals surface area contributed by atoms with Crippen molar-refractivity contribution in [1.82, 2.24) is 0 Å². The predicted molar refractivity (Wildman–Crippen MR) is 56.3 cm³/mol. The van der Waals surface area contributed by atoms with Gasteiger partial charge in [0.15, 0.2) is 0 Å². The minimum Gasteiger partial charge on any atom is -0.498 e. The number of esters is 1. The molecule has 0 unspecified atom stereocenters. The molecule has 0 aromatic rings. The van der Waals surface area contributed by atoms with E-state index in [2.05, 4.69) is 4.74 Å². The topological polar surface area (TPSA) is 69.7 Å².